The maximum absolute atomic E-state index is 11.7. The van der Waals surface area contributed by atoms with Crippen LogP contribution < -0.4 is 10.5 Å². The van der Waals surface area contributed by atoms with Crippen LogP contribution in [0, 0.1) is 11.3 Å². The van der Waals surface area contributed by atoms with E-state index in [9.17, 15) is 18.0 Å². The molecule has 28 heavy (non-hydrogen) atoms. The van der Waals surface area contributed by atoms with Crippen molar-refractivity contribution in [2.45, 2.75) is 11.8 Å². The molecule has 0 saturated heterocycles. The summed E-state index contributed by atoms with van der Waals surface area (Å²) in [7, 11) is -2.40. The number of nitrogens with zero attached hydrogens (tertiary/aromatic N) is 1. The van der Waals surface area contributed by atoms with Gasteiger partial charge in [-0.05, 0) is 31.2 Å². The highest BCUT2D eigenvalue weighted by Crippen LogP contribution is 2.14. The molecule has 0 aliphatic heterocycles. The lowest BCUT2D eigenvalue weighted by atomic mass is 10.3. The Hall–Kier alpha value is -3.42. The number of methoxy groups -OCH3 is 1. The van der Waals surface area contributed by atoms with Crippen LogP contribution in [0.1, 0.15) is 6.92 Å². The van der Waals surface area contributed by atoms with E-state index in [2.05, 4.69) is 29.2 Å². The molecule has 0 bridgehead atoms. The first-order valence-corrected chi connectivity index (χ1v) is 8.91. The Kier molecular flexibility index (Phi) is 13.2. The maximum Gasteiger partial charge on any atom is 0.332 e. The van der Waals surface area contributed by atoms with Crippen molar-refractivity contribution in [1.82, 2.24) is 4.72 Å². The zero-order chi connectivity index (χ0) is 22.3. The van der Waals surface area contributed by atoms with Gasteiger partial charge in [-0.3, -0.25) is 4.79 Å². The van der Waals surface area contributed by atoms with Gasteiger partial charge >= 0.3 is 5.97 Å². The van der Waals surface area contributed by atoms with Gasteiger partial charge in [0.15, 0.2) is 0 Å². The quantitative estimate of drug-likeness (QED) is 0.361. The molecule has 1 rings (SSSR count). The summed E-state index contributed by atoms with van der Waals surface area (Å²) in [6.45, 7) is 11.1. The molecule has 0 saturated carbocycles. The van der Waals surface area contributed by atoms with Crippen LogP contribution in [0.4, 0.5) is 0 Å². The lowest BCUT2D eigenvalue weighted by Gasteiger charge is -2.06. The fourth-order valence-electron chi connectivity index (χ4n) is 1.15. The maximum atomic E-state index is 11.7. The largest absolute Gasteiger partial charge is 0.508 e. The lowest BCUT2D eigenvalue weighted by Crippen LogP contribution is -2.29. The SMILES string of the molecule is C=C(C)C(=O)OC.C=C(CNS(=O)(=O)c1ccc(O)cc1)C(N)=O.C=CC#N. The van der Waals surface area contributed by atoms with E-state index >= 15 is 0 Å². The molecule has 4 N–H and O–H groups in total. The van der Waals surface area contributed by atoms with Crippen molar-refractivity contribution in [2.24, 2.45) is 5.73 Å². The number of nitrogens with two attached hydrogens (primary N) is 1. The normalized spacial score (nSPS) is 9.18. The van der Waals surface area contributed by atoms with Gasteiger partial charge < -0.3 is 15.6 Å². The molecule has 0 heterocycles. The fraction of sp³-hybridized carbons (Fsp3) is 0.167. The van der Waals surface area contributed by atoms with Gasteiger partial charge in [0.1, 0.15) is 5.75 Å². The number of phenolic OH excluding ortho intramolecular Hbond substituents is 1. The third kappa shape index (κ3) is 12.0. The Morgan fingerprint density at radius 2 is 1.79 bits per heavy atom. The minimum atomic E-state index is -3.74. The number of hydrogen-bond acceptors (Lipinski definition) is 7. The third-order valence-electron chi connectivity index (χ3n) is 2.60. The van der Waals surface area contributed by atoms with Gasteiger partial charge in [0.05, 0.1) is 18.1 Å². The number of carbonyl (C=O) groups is 2. The van der Waals surface area contributed by atoms with Crippen molar-refractivity contribution in [2.75, 3.05) is 13.7 Å². The number of sulfonamides is 1. The minimum absolute atomic E-state index is 0.0208. The van der Waals surface area contributed by atoms with Crippen LogP contribution in [0.2, 0.25) is 0 Å². The van der Waals surface area contributed by atoms with Gasteiger partial charge in [-0.2, -0.15) is 5.26 Å². The average Bonchev–Trinajstić information content (AvgIpc) is 2.66. The summed E-state index contributed by atoms with van der Waals surface area (Å²) in [4.78, 5) is 20.8. The number of hydrogen-bond donors (Lipinski definition) is 3. The molecule has 0 fully saturated rings. The van der Waals surface area contributed by atoms with Crippen LogP contribution in [-0.4, -0.2) is 39.1 Å². The van der Waals surface area contributed by atoms with E-state index in [4.69, 9.17) is 16.1 Å². The molecule has 1 aromatic rings. The molecule has 1 amide bonds. The van der Waals surface area contributed by atoms with Crippen molar-refractivity contribution in [3.05, 3.63) is 61.2 Å². The van der Waals surface area contributed by atoms with Crippen LogP contribution in [0.25, 0.3) is 0 Å². The summed E-state index contributed by atoms with van der Waals surface area (Å²) in [5.74, 6) is -1.15. The molecule has 0 radical (unpaired) electrons. The average molecular weight is 409 g/mol. The Balaban J connectivity index is 0. The topological polar surface area (TPSA) is 160 Å². The van der Waals surface area contributed by atoms with Crippen molar-refractivity contribution in [3.63, 3.8) is 0 Å². The smallest absolute Gasteiger partial charge is 0.332 e. The van der Waals surface area contributed by atoms with Crippen molar-refractivity contribution in [3.8, 4) is 11.8 Å². The second-order valence-corrected chi connectivity index (χ2v) is 6.66. The van der Waals surface area contributed by atoms with E-state index in [1.54, 1.807) is 13.0 Å². The second-order valence-electron chi connectivity index (χ2n) is 4.89. The van der Waals surface area contributed by atoms with Crippen molar-refractivity contribution < 1.29 is 27.9 Å². The summed E-state index contributed by atoms with van der Waals surface area (Å²) >= 11 is 0. The van der Waals surface area contributed by atoms with E-state index in [0.29, 0.717) is 5.57 Å². The Labute approximate surface area is 164 Å². The first kappa shape index (κ1) is 26.8. The minimum Gasteiger partial charge on any atom is -0.508 e. The molecular weight excluding hydrogens is 386 g/mol. The van der Waals surface area contributed by atoms with Crippen LogP contribution in [0.3, 0.4) is 0 Å². The first-order chi connectivity index (χ1) is 12.9. The molecule has 9 nitrogen and oxygen atoms in total. The van der Waals surface area contributed by atoms with E-state index in [1.807, 2.05) is 0 Å². The van der Waals surface area contributed by atoms with Gasteiger partial charge in [-0.15, -0.1) is 0 Å². The standard InChI is InChI=1S/C10H12N2O4S.C5H8O2.C3H3N/c1-7(10(11)14)6-12-17(15,16)9-4-2-8(13)3-5-9;1-4(2)5(6)7-3;1-2-3-4/h2-5,12-13H,1,6H2,(H2,11,14);1H2,2-3H3;2H,1H2. The fourth-order valence-corrected chi connectivity index (χ4v) is 2.18. The summed E-state index contributed by atoms with van der Waals surface area (Å²) in [6.07, 6.45) is 1.18. The Morgan fingerprint density at radius 1 is 1.32 bits per heavy atom. The van der Waals surface area contributed by atoms with E-state index in [-0.39, 0.29) is 28.7 Å². The summed E-state index contributed by atoms with van der Waals surface area (Å²) in [6, 6.07) is 6.67. The number of primary amides is 1. The van der Waals surface area contributed by atoms with E-state index < -0.39 is 15.9 Å². The van der Waals surface area contributed by atoms with Crippen molar-refractivity contribution >= 4 is 21.9 Å². The highest BCUT2D eigenvalue weighted by molar-refractivity contribution is 7.89. The Morgan fingerprint density at radius 3 is 2.07 bits per heavy atom. The number of ether oxygens (including phenoxy) is 1. The number of aromatic hydroxyl groups is 1. The van der Waals surface area contributed by atoms with Gasteiger partial charge in [-0.25, -0.2) is 17.9 Å². The number of esters is 1. The number of amides is 1. The number of nitriles is 1. The second kappa shape index (κ2) is 13.7. The highest BCUT2D eigenvalue weighted by Gasteiger charge is 2.14. The van der Waals surface area contributed by atoms with Gasteiger partial charge in [0, 0.05) is 23.8 Å². The molecule has 0 unspecified atom stereocenters. The zero-order valence-corrected chi connectivity index (χ0v) is 16.5. The summed E-state index contributed by atoms with van der Waals surface area (Å²) < 4.78 is 29.8. The molecule has 0 aliphatic rings. The molecule has 0 aliphatic carbocycles. The van der Waals surface area contributed by atoms with E-state index in [0.717, 1.165) is 0 Å². The third-order valence-corrected chi connectivity index (χ3v) is 4.01. The van der Waals surface area contributed by atoms with Crippen LogP contribution in [0.5, 0.6) is 5.75 Å². The molecule has 0 aromatic heterocycles. The number of rotatable bonds is 6. The number of carbonyl (C=O) groups excluding carboxylic acids is 2. The molecule has 10 heteroatoms. The monoisotopic (exact) mass is 409 g/mol. The molecule has 0 spiro atoms. The molecule has 152 valence electrons. The van der Waals surface area contributed by atoms with Gasteiger partial charge in [0.2, 0.25) is 15.9 Å². The number of nitrogens with one attached hydrogen (secondary N) is 1. The first-order valence-electron chi connectivity index (χ1n) is 7.43. The van der Waals surface area contributed by atoms with Gasteiger partial charge in [0.25, 0.3) is 0 Å². The van der Waals surface area contributed by atoms with Crippen molar-refractivity contribution in [1.29, 1.82) is 5.26 Å². The van der Waals surface area contributed by atoms with Crippen LogP contribution in [0.15, 0.2) is 66.1 Å². The number of benzene rings is 1. The van der Waals surface area contributed by atoms with E-state index in [1.165, 1.54) is 37.5 Å². The predicted molar refractivity (Wildman–Crippen MR) is 104 cm³/mol. The predicted octanol–water partition coefficient (Wildman–Crippen LogP) is 1.14. The summed E-state index contributed by atoms with van der Waals surface area (Å²) in [5, 5.41) is 16.5. The molecule has 1 aromatic carbocycles. The Bertz CT molecular complexity index is 852. The zero-order valence-electron chi connectivity index (χ0n) is 15.6. The van der Waals surface area contributed by atoms with Crippen LogP contribution in [-0.2, 0) is 24.3 Å². The molecular formula is C18H23N3O6S. The van der Waals surface area contributed by atoms with Gasteiger partial charge in [-0.1, -0.05) is 19.7 Å². The molecule has 0 atom stereocenters. The number of phenols is 1. The lowest BCUT2D eigenvalue weighted by molar-refractivity contribution is -0.136. The summed E-state index contributed by atoms with van der Waals surface area (Å²) in [5.41, 5.74) is 5.32. The number of allylic oxidation sites excluding steroid dienone is 1. The highest BCUT2D eigenvalue weighted by atomic mass is 32.2. The van der Waals surface area contributed by atoms with Crippen LogP contribution >= 0.6 is 0 Å².